The molecule has 6 heteroatoms. The largest absolute Gasteiger partial charge is 0.379 e. The summed E-state index contributed by atoms with van der Waals surface area (Å²) in [7, 11) is 0. The van der Waals surface area contributed by atoms with Crippen molar-refractivity contribution in [3.63, 3.8) is 0 Å². The molecule has 22 heavy (non-hydrogen) atoms. The van der Waals surface area contributed by atoms with Crippen molar-refractivity contribution in [2.75, 3.05) is 44.3 Å². The Morgan fingerprint density at radius 2 is 1.95 bits per heavy atom. The Morgan fingerprint density at radius 3 is 2.68 bits per heavy atom. The molecule has 0 radical (unpaired) electrons. The number of aromatic nitrogens is 2. The van der Waals surface area contributed by atoms with Crippen LogP contribution in [0.3, 0.4) is 0 Å². The maximum absolute atomic E-state index is 6.22. The van der Waals surface area contributed by atoms with Crippen LogP contribution in [0.5, 0.6) is 0 Å². The van der Waals surface area contributed by atoms with Gasteiger partial charge in [0.25, 0.3) is 0 Å². The molecule has 1 aromatic heterocycles. The molecule has 1 aromatic rings. The highest BCUT2D eigenvalue weighted by Crippen LogP contribution is 2.39. The predicted octanol–water partition coefficient (Wildman–Crippen LogP) is 2.16. The number of hydrogen-bond acceptors (Lipinski definition) is 5. The van der Waals surface area contributed by atoms with E-state index in [1.165, 1.54) is 12.8 Å². The number of hydrogen-bond donors (Lipinski definition) is 0. The van der Waals surface area contributed by atoms with Gasteiger partial charge < -0.3 is 9.64 Å². The molecule has 0 spiro atoms. The van der Waals surface area contributed by atoms with Gasteiger partial charge in [-0.15, -0.1) is 0 Å². The van der Waals surface area contributed by atoms with E-state index in [4.69, 9.17) is 21.3 Å². The Balaban J connectivity index is 1.51. The second-order valence-corrected chi connectivity index (χ2v) is 7.17. The minimum absolute atomic E-state index is 0.535. The zero-order valence-corrected chi connectivity index (χ0v) is 13.8. The van der Waals surface area contributed by atoms with Gasteiger partial charge in [-0.25, -0.2) is 9.97 Å². The van der Waals surface area contributed by atoms with E-state index in [0.717, 1.165) is 51.0 Å². The minimum Gasteiger partial charge on any atom is -0.379 e. The molecule has 3 heterocycles. The van der Waals surface area contributed by atoms with Crippen LogP contribution >= 0.6 is 11.6 Å². The molecule has 2 saturated heterocycles. The van der Waals surface area contributed by atoms with Crippen molar-refractivity contribution in [3.8, 4) is 0 Å². The molecule has 2 atom stereocenters. The maximum atomic E-state index is 6.22. The van der Waals surface area contributed by atoms with Gasteiger partial charge in [-0.05, 0) is 18.8 Å². The minimum atomic E-state index is 0.535. The van der Waals surface area contributed by atoms with Crippen LogP contribution in [0.25, 0.3) is 0 Å². The average Bonchev–Trinajstić information content (AvgIpc) is 3.30. The molecule has 0 bridgehead atoms. The highest BCUT2D eigenvalue weighted by Gasteiger charge is 2.36. The first-order valence-electron chi connectivity index (χ1n) is 8.32. The van der Waals surface area contributed by atoms with Crippen molar-refractivity contribution in [1.82, 2.24) is 14.9 Å². The summed E-state index contributed by atoms with van der Waals surface area (Å²) >= 11 is 6.22. The van der Waals surface area contributed by atoms with Gasteiger partial charge in [-0.2, -0.15) is 0 Å². The number of rotatable bonds is 3. The lowest BCUT2D eigenvalue weighted by Crippen LogP contribution is -2.46. The average molecular weight is 323 g/mol. The molecular weight excluding hydrogens is 300 g/mol. The Bertz CT molecular complexity index is 545. The molecular formula is C16H23ClN4O. The highest BCUT2D eigenvalue weighted by molar-refractivity contribution is 6.29. The third kappa shape index (κ3) is 2.94. The topological polar surface area (TPSA) is 41.5 Å². The second-order valence-electron chi connectivity index (χ2n) is 6.78. The Hall–Kier alpha value is -0.910. The molecule has 0 N–H and O–H groups in total. The lowest BCUT2D eigenvalue weighted by atomic mass is 10.0. The lowest BCUT2D eigenvalue weighted by molar-refractivity contribution is 0.0134. The van der Waals surface area contributed by atoms with Crippen LogP contribution in [0, 0.1) is 5.92 Å². The van der Waals surface area contributed by atoms with Crippen molar-refractivity contribution in [2.24, 2.45) is 5.92 Å². The van der Waals surface area contributed by atoms with Crippen molar-refractivity contribution < 1.29 is 4.74 Å². The molecule has 3 fully saturated rings. The predicted molar refractivity (Wildman–Crippen MR) is 86.6 cm³/mol. The van der Waals surface area contributed by atoms with E-state index in [0.29, 0.717) is 23.0 Å². The fraction of sp³-hybridized carbons (Fsp3) is 0.750. The first kappa shape index (κ1) is 14.7. The highest BCUT2D eigenvalue weighted by atomic mass is 35.5. The van der Waals surface area contributed by atoms with Crippen molar-refractivity contribution in [2.45, 2.75) is 31.7 Å². The zero-order valence-electron chi connectivity index (χ0n) is 13.0. The first-order chi connectivity index (χ1) is 10.7. The van der Waals surface area contributed by atoms with E-state index in [9.17, 15) is 0 Å². The standard InChI is InChI=1S/C16H23ClN4O/c1-11-9-21(10-13(11)20-4-6-22-7-5-20)15-8-14(17)18-16(19-15)12-2-3-12/h8,11-13H,2-7,9-10H2,1H3. The molecule has 4 rings (SSSR count). The van der Waals surface area contributed by atoms with Gasteiger partial charge in [0.15, 0.2) is 0 Å². The maximum Gasteiger partial charge on any atom is 0.135 e. The van der Waals surface area contributed by atoms with E-state index in [2.05, 4.69) is 21.7 Å². The summed E-state index contributed by atoms with van der Waals surface area (Å²) in [5.74, 6) is 3.11. The van der Waals surface area contributed by atoms with Crippen LogP contribution in [0.15, 0.2) is 6.07 Å². The van der Waals surface area contributed by atoms with E-state index < -0.39 is 0 Å². The van der Waals surface area contributed by atoms with Crippen LogP contribution in [0.1, 0.15) is 31.5 Å². The third-order valence-electron chi connectivity index (χ3n) is 5.05. The summed E-state index contributed by atoms with van der Waals surface area (Å²) in [6, 6.07) is 2.50. The van der Waals surface area contributed by atoms with Crippen molar-refractivity contribution in [3.05, 3.63) is 17.0 Å². The number of ether oxygens (including phenoxy) is 1. The van der Waals surface area contributed by atoms with E-state index in [1.807, 2.05) is 6.07 Å². The van der Waals surface area contributed by atoms with Gasteiger partial charge >= 0.3 is 0 Å². The number of anilines is 1. The molecule has 0 amide bonds. The fourth-order valence-electron chi connectivity index (χ4n) is 3.63. The first-order valence-corrected chi connectivity index (χ1v) is 8.70. The van der Waals surface area contributed by atoms with Gasteiger partial charge in [0.1, 0.15) is 16.8 Å². The summed E-state index contributed by atoms with van der Waals surface area (Å²) in [6.07, 6.45) is 2.40. The van der Waals surface area contributed by atoms with Crippen LogP contribution in [-0.2, 0) is 4.74 Å². The van der Waals surface area contributed by atoms with Gasteiger partial charge in [-0.3, -0.25) is 4.90 Å². The van der Waals surface area contributed by atoms with Crippen LogP contribution in [-0.4, -0.2) is 60.3 Å². The summed E-state index contributed by atoms with van der Waals surface area (Å²) in [6.45, 7) is 8.20. The zero-order chi connectivity index (χ0) is 15.1. The Labute approximate surface area is 136 Å². The Morgan fingerprint density at radius 1 is 1.18 bits per heavy atom. The van der Waals surface area contributed by atoms with Gasteiger partial charge in [0, 0.05) is 44.2 Å². The molecule has 1 aliphatic carbocycles. The van der Waals surface area contributed by atoms with Crippen molar-refractivity contribution in [1.29, 1.82) is 0 Å². The number of nitrogens with zero attached hydrogens (tertiary/aromatic N) is 4. The lowest BCUT2D eigenvalue weighted by Gasteiger charge is -2.34. The molecule has 5 nitrogen and oxygen atoms in total. The van der Waals surface area contributed by atoms with Gasteiger partial charge in [0.05, 0.1) is 13.2 Å². The second kappa shape index (κ2) is 5.95. The van der Waals surface area contributed by atoms with Crippen LogP contribution in [0.2, 0.25) is 5.15 Å². The quantitative estimate of drug-likeness (QED) is 0.798. The van der Waals surface area contributed by atoms with Crippen LogP contribution in [0.4, 0.5) is 5.82 Å². The fourth-order valence-corrected chi connectivity index (χ4v) is 3.81. The molecule has 0 aromatic carbocycles. The Kier molecular flexibility index (Phi) is 3.96. The van der Waals surface area contributed by atoms with Gasteiger partial charge in [0.2, 0.25) is 0 Å². The molecule has 2 unspecified atom stereocenters. The van der Waals surface area contributed by atoms with E-state index in [-0.39, 0.29) is 0 Å². The molecule has 3 aliphatic rings. The summed E-state index contributed by atoms with van der Waals surface area (Å²) in [5.41, 5.74) is 0. The van der Waals surface area contributed by atoms with E-state index >= 15 is 0 Å². The normalized spacial score (nSPS) is 30.0. The monoisotopic (exact) mass is 322 g/mol. The molecule has 1 saturated carbocycles. The van der Waals surface area contributed by atoms with Crippen molar-refractivity contribution >= 4 is 17.4 Å². The van der Waals surface area contributed by atoms with Crippen LogP contribution < -0.4 is 4.90 Å². The molecule has 120 valence electrons. The van der Waals surface area contributed by atoms with Gasteiger partial charge in [-0.1, -0.05) is 18.5 Å². The third-order valence-corrected chi connectivity index (χ3v) is 5.25. The summed E-state index contributed by atoms with van der Waals surface area (Å²) in [5, 5.41) is 0.578. The molecule has 2 aliphatic heterocycles. The smallest absolute Gasteiger partial charge is 0.135 e. The SMILES string of the molecule is CC1CN(c2cc(Cl)nc(C3CC3)n2)CC1N1CCOCC1. The summed E-state index contributed by atoms with van der Waals surface area (Å²) in [4.78, 5) is 14.1. The number of halogens is 1. The number of morpholine rings is 1. The summed E-state index contributed by atoms with van der Waals surface area (Å²) < 4.78 is 5.48. The van der Waals surface area contributed by atoms with E-state index in [1.54, 1.807) is 0 Å².